The van der Waals surface area contributed by atoms with Crippen molar-refractivity contribution >= 4 is 18.3 Å². The molecule has 0 aromatic carbocycles. The van der Waals surface area contributed by atoms with Crippen molar-refractivity contribution in [1.82, 2.24) is 10.2 Å². The van der Waals surface area contributed by atoms with Gasteiger partial charge in [0.2, 0.25) is 5.91 Å². The fourth-order valence-corrected chi connectivity index (χ4v) is 3.11. The van der Waals surface area contributed by atoms with Gasteiger partial charge in [0, 0.05) is 19.0 Å². The highest BCUT2D eigenvalue weighted by molar-refractivity contribution is 5.85. The lowest BCUT2D eigenvalue weighted by molar-refractivity contribution is -0.134. The van der Waals surface area contributed by atoms with Crippen LogP contribution in [0.5, 0.6) is 0 Å². The average Bonchev–Trinajstić information content (AvgIpc) is 2.91. The standard InChI is InChI=1S/C13H24N2O.ClH/c1-2-15(12-5-3-4-6-12)13(16)9-11-7-8-14-10-11;/h11-12,14H,2-10H2,1H3;1H. The van der Waals surface area contributed by atoms with E-state index in [9.17, 15) is 4.79 Å². The van der Waals surface area contributed by atoms with Gasteiger partial charge in [-0.05, 0) is 45.2 Å². The second-order valence-corrected chi connectivity index (χ2v) is 5.18. The second-order valence-electron chi connectivity index (χ2n) is 5.18. The number of nitrogens with one attached hydrogen (secondary N) is 1. The van der Waals surface area contributed by atoms with Crippen molar-refractivity contribution in [1.29, 1.82) is 0 Å². The molecule has 0 bridgehead atoms. The van der Waals surface area contributed by atoms with E-state index in [0.29, 0.717) is 17.9 Å². The number of nitrogens with zero attached hydrogens (tertiary/aromatic N) is 1. The van der Waals surface area contributed by atoms with Crippen LogP contribution in [0.4, 0.5) is 0 Å². The molecule has 2 rings (SSSR count). The summed E-state index contributed by atoms with van der Waals surface area (Å²) < 4.78 is 0. The lowest BCUT2D eigenvalue weighted by Crippen LogP contribution is -2.39. The first-order valence-electron chi connectivity index (χ1n) is 6.81. The van der Waals surface area contributed by atoms with Crippen molar-refractivity contribution in [3.63, 3.8) is 0 Å². The minimum Gasteiger partial charge on any atom is -0.340 e. The Balaban J connectivity index is 0.00000144. The highest BCUT2D eigenvalue weighted by Crippen LogP contribution is 2.25. The van der Waals surface area contributed by atoms with Crippen LogP contribution in [0.25, 0.3) is 0 Å². The first-order chi connectivity index (χ1) is 7.81. The maximum absolute atomic E-state index is 12.2. The van der Waals surface area contributed by atoms with E-state index in [1.165, 1.54) is 32.1 Å². The van der Waals surface area contributed by atoms with Crippen LogP contribution in [0.1, 0.15) is 45.4 Å². The van der Waals surface area contributed by atoms with Crippen molar-refractivity contribution in [2.45, 2.75) is 51.5 Å². The van der Waals surface area contributed by atoms with Crippen molar-refractivity contribution in [3.05, 3.63) is 0 Å². The molecule has 1 saturated carbocycles. The summed E-state index contributed by atoms with van der Waals surface area (Å²) in [6.45, 7) is 5.13. The van der Waals surface area contributed by atoms with Gasteiger partial charge in [-0.1, -0.05) is 12.8 Å². The topological polar surface area (TPSA) is 32.3 Å². The molecule has 1 unspecified atom stereocenters. The predicted molar refractivity (Wildman–Crippen MR) is 72.5 cm³/mol. The Labute approximate surface area is 111 Å². The summed E-state index contributed by atoms with van der Waals surface area (Å²) in [4.78, 5) is 14.3. The molecule has 17 heavy (non-hydrogen) atoms. The summed E-state index contributed by atoms with van der Waals surface area (Å²) in [5.41, 5.74) is 0. The zero-order chi connectivity index (χ0) is 11.4. The summed E-state index contributed by atoms with van der Waals surface area (Å²) in [6.07, 6.45) is 7.00. The number of amides is 1. The molecule has 1 heterocycles. The third-order valence-corrected chi connectivity index (χ3v) is 4.05. The molecule has 1 saturated heterocycles. The normalized spacial score (nSPS) is 24.6. The molecule has 0 radical (unpaired) electrons. The van der Waals surface area contributed by atoms with Crippen molar-refractivity contribution < 1.29 is 4.79 Å². The summed E-state index contributed by atoms with van der Waals surface area (Å²) in [5.74, 6) is 0.978. The van der Waals surface area contributed by atoms with Crippen LogP contribution in [0, 0.1) is 5.92 Å². The number of hydrogen-bond acceptors (Lipinski definition) is 2. The van der Waals surface area contributed by atoms with E-state index in [1.807, 2.05) is 0 Å². The number of hydrogen-bond donors (Lipinski definition) is 1. The monoisotopic (exact) mass is 260 g/mol. The first-order valence-corrected chi connectivity index (χ1v) is 6.81. The van der Waals surface area contributed by atoms with E-state index in [-0.39, 0.29) is 12.4 Å². The molecule has 1 atom stereocenters. The fraction of sp³-hybridized carbons (Fsp3) is 0.923. The zero-order valence-electron chi connectivity index (χ0n) is 10.8. The van der Waals surface area contributed by atoms with Crippen LogP contribution in [0.3, 0.4) is 0 Å². The van der Waals surface area contributed by atoms with Gasteiger partial charge in [0.25, 0.3) is 0 Å². The number of rotatable bonds is 4. The minimum atomic E-state index is 0. The molecule has 2 fully saturated rings. The van der Waals surface area contributed by atoms with Crippen LogP contribution in [0.15, 0.2) is 0 Å². The van der Waals surface area contributed by atoms with Gasteiger partial charge >= 0.3 is 0 Å². The molecule has 1 N–H and O–H groups in total. The van der Waals surface area contributed by atoms with Crippen molar-refractivity contribution in [3.8, 4) is 0 Å². The van der Waals surface area contributed by atoms with Crippen LogP contribution in [0.2, 0.25) is 0 Å². The maximum Gasteiger partial charge on any atom is 0.223 e. The number of carbonyl (C=O) groups is 1. The highest BCUT2D eigenvalue weighted by atomic mass is 35.5. The highest BCUT2D eigenvalue weighted by Gasteiger charge is 2.27. The van der Waals surface area contributed by atoms with Gasteiger partial charge in [-0.15, -0.1) is 12.4 Å². The van der Waals surface area contributed by atoms with Crippen LogP contribution in [-0.4, -0.2) is 36.5 Å². The summed E-state index contributed by atoms with van der Waals surface area (Å²) in [6, 6.07) is 0.548. The van der Waals surface area contributed by atoms with E-state index in [4.69, 9.17) is 0 Å². The van der Waals surface area contributed by atoms with Crippen molar-refractivity contribution in [2.24, 2.45) is 5.92 Å². The Hall–Kier alpha value is -0.280. The van der Waals surface area contributed by atoms with Crippen molar-refractivity contribution in [2.75, 3.05) is 19.6 Å². The van der Waals surface area contributed by atoms with Gasteiger partial charge in [-0.25, -0.2) is 0 Å². The summed E-state index contributed by atoms with van der Waals surface area (Å²) in [7, 11) is 0. The van der Waals surface area contributed by atoms with E-state index >= 15 is 0 Å². The Bertz CT molecular complexity index is 236. The summed E-state index contributed by atoms with van der Waals surface area (Å²) in [5, 5.41) is 3.33. The first kappa shape index (κ1) is 14.8. The van der Waals surface area contributed by atoms with Gasteiger partial charge in [0.1, 0.15) is 0 Å². The molecule has 1 aliphatic carbocycles. The Morgan fingerprint density at radius 1 is 1.29 bits per heavy atom. The molecule has 0 aromatic heterocycles. The molecule has 100 valence electrons. The molecule has 3 nitrogen and oxygen atoms in total. The molecule has 0 aromatic rings. The Morgan fingerprint density at radius 3 is 2.53 bits per heavy atom. The van der Waals surface area contributed by atoms with Gasteiger partial charge < -0.3 is 10.2 Å². The predicted octanol–water partition coefficient (Wildman–Crippen LogP) is 2.20. The Morgan fingerprint density at radius 2 is 2.00 bits per heavy atom. The zero-order valence-corrected chi connectivity index (χ0v) is 11.6. The largest absolute Gasteiger partial charge is 0.340 e. The third-order valence-electron chi connectivity index (χ3n) is 4.05. The van der Waals surface area contributed by atoms with Gasteiger partial charge in [-0.3, -0.25) is 4.79 Å². The lowest BCUT2D eigenvalue weighted by Gasteiger charge is -2.28. The molecule has 1 amide bonds. The van der Waals surface area contributed by atoms with E-state index < -0.39 is 0 Å². The smallest absolute Gasteiger partial charge is 0.223 e. The van der Waals surface area contributed by atoms with Crippen LogP contribution >= 0.6 is 12.4 Å². The molecule has 1 aliphatic heterocycles. The Kier molecular flexibility index (Phi) is 6.28. The van der Waals surface area contributed by atoms with Crippen LogP contribution < -0.4 is 5.32 Å². The van der Waals surface area contributed by atoms with Gasteiger partial charge in [-0.2, -0.15) is 0 Å². The number of halogens is 1. The average molecular weight is 261 g/mol. The maximum atomic E-state index is 12.2. The molecular formula is C13H25ClN2O. The fourth-order valence-electron chi connectivity index (χ4n) is 3.11. The SMILES string of the molecule is CCN(C(=O)CC1CCNC1)C1CCCC1.Cl. The number of carbonyl (C=O) groups excluding carboxylic acids is 1. The minimum absolute atomic E-state index is 0. The second kappa shape index (κ2) is 7.22. The van der Waals surface area contributed by atoms with E-state index in [1.54, 1.807) is 0 Å². The molecule has 0 spiro atoms. The molecule has 2 aliphatic rings. The van der Waals surface area contributed by atoms with Crippen LogP contribution in [-0.2, 0) is 4.79 Å². The van der Waals surface area contributed by atoms with Gasteiger partial charge in [0.15, 0.2) is 0 Å². The van der Waals surface area contributed by atoms with E-state index in [0.717, 1.165) is 26.1 Å². The lowest BCUT2D eigenvalue weighted by atomic mass is 10.0. The third kappa shape index (κ3) is 3.85. The molecular weight excluding hydrogens is 236 g/mol. The quantitative estimate of drug-likeness (QED) is 0.841. The van der Waals surface area contributed by atoms with Gasteiger partial charge in [0.05, 0.1) is 0 Å². The molecule has 4 heteroatoms. The van der Waals surface area contributed by atoms with E-state index in [2.05, 4.69) is 17.1 Å². The summed E-state index contributed by atoms with van der Waals surface area (Å²) >= 11 is 0.